The Balaban J connectivity index is 1.81. The molecule has 0 unspecified atom stereocenters. The highest BCUT2D eigenvalue weighted by Gasteiger charge is 2.11. The number of carbonyl (C=O) groups excluding carboxylic acids is 2. The van der Waals surface area contributed by atoms with E-state index in [9.17, 15) is 9.59 Å². The fourth-order valence-corrected chi connectivity index (χ4v) is 2.45. The Morgan fingerprint density at radius 1 is 1.12 bits per heavy atom. The van der Waals surface area contributed by atoms with Gasteiger partial charge in [0.25, 0.3) is 5.91 Å². The van der Waals surface area contributed by atoms with Gasteiger partial charge in [0.05, 0.1) is 6.04 Å². The minimum absolute atomic E-state index is 0.162. The predicted octanol–water partition coefficient (Wildman–Crippen LogP) is 4.39. The first-order chi connectivity index (χ1) is 12.3. The number of rotatable bonds is 6. The zero-order chi connectivity index (χ0) is 19.1. The summed E-state index contributed by atoms with van der Waals surface area (Å²) >= 11 is 5.80. The van der Waals surface area contributed by atoms with Gasteiger partial charge in [-0.25, -0.2) is 4.79 Å². The number of ether oxygens (including phenoxy) is 1. The molecule has 5 heteroatoms. The number of aryl methyl sites for hydroxylation is 2. The van der Waals surface area contributed by atoms with Gasteiger partial charge in [0.2, 0.25) is 0 Å². The molecule has 0 radical (unpaired) electrons. The van der Waals surface area contributed by atoms with Crippen LogP contribution >= 0.6 is 11.6 Å². The van der Waals surface area contributed by atoms with Gasteiger partial charge in [-0.15, -0.1) is 0 Å². The topological polar surface area (TPSA) is 55.4 Å². The van der Waals surface area contributed by atoms with E-state index < -0.39 is 5.97 Å². The predicted molar refractivity (Wildman–Crippen MR) is 104 cm³/mol. The summed E-state index contributed by atoms with van der Waals surface area (Å²) in [6.45, 7) is 5.64. The molecule has 2 aromatic carbocycles. The molecule has 0 aliphatic rings. The standard InChI is InChI=1S/C21H22ClNO3/c1-14-4-8-18(12-15(14)2)16(3)23-20(24)13-26-21(25)11-7-17-5-9-19(22)10-6-17/h4-12,16H,13H2,1-3H3,(H,23,24)/b11-7+/t16-/m0/s1. The lowest BCUT2D eigenvalue weighted by Gasteiger charge is -2.15. The van der Waals surface area contributed by atoms with Gasteiger partial charge in [-0.05, 0) is 61.2 Å². The quantitative estimate of drug-likeness (QED) is 0.605. The molecule has 2 rings (SSSR count). The fraction of sp³-hybridized carbons (Fsp3) is 0.238. The van der Waals surface area contributed by atoms with Crippen molar-refractivity contribution in [3.8, 4) is 0 Å². The van der Waals surface area contributed by atoms with E-state index in [0.29, 0.717) is 5.02 Å². The number of amides is 1. The van der Waals surface area contributed by atoms with Crippen molar-refractivity contribution >= 4 is 29.6 Å². The van der Waals surface area contributed by atoms with Crippen LogP contribution in [0.2, 0.25) is 5.02 Å². The molecule has 0 saturated heterocycles. The Labute approximate surface area is 158 Å². The second-order valence-corrected chi connectivity index (χ2v) is 6.56. The van der Waals surface area contributed by atoms with Crippen molar-refractivity contribution in [3.63, 3.8) is 0 Å². The van der Waals surface area contributed by atoms with E-state index in [0.717, 1.165) is 11.1 Å². The Kier molecular flexibility index (Phi) is 6.98. The number of benzene rings is 2. The van der Waals surface area contributed by atoms with Crippen molar-refractivity contribution in [2.24, 2.45) is 0 Å². The maximum atomic E-state index is 12.0. The summed E-state index contributed by atoms with van der Waals surface area (Å²) < 4.78 is 4.97. The van der Waals surface area contributed by atoms with E-state index in [1.807, 2.05) is 39.0 Å². The van der Waals surface area contributed by atoms with Gasteiger partial charge in [-0.3, -0.25) is 4.79 Å². The monoisotopic (exact) mass is 371 g/mol. The molecule has 2 aromatic rings. The highest BCUT2D eigenvalue weighted by Crippen LogP contribution is 2.16. The van der Waals surface area contributed by atoms with Crippen LogP contribution in [0.15, 0.2) is 48.5 Å². The molecule has 0 bridgehead atoms. The first kappa shape index (κ1) is 19.7. The summed E-state index contributed by atoms with van der Waals surface area (Å²) in [6.07, 6.45) is 2.89. The van der Waals surface area contributed by atoms with Crippen LogP contribution in [0, 0.1) is 13.8 Å². The number of hydrogen-bond acceptors (Lipinski definition) is 3. The van der Waals surface area contributed by atoms with Crippen molar-refractivity contribution in [3.05, 3.63) is 75.8 Å². The minimum atomic E-state index is -0.575. The lowest BCUT2D eigenvalue weighted by atomic mass is 10.0. The summed E-state index contributed by atoms with van der Waals surface area (Å²) in [6, 6.07) is 12.9. The highest BCUT2D eigenvalue weighted by molar-refractivity contribution is 6.30. The van der Waals surface area contributed by atoms with E-state index >= 15 is 0 Å². The summed E-state index contributed by atoms with van der Waals surface area (Å²) in [7, 11) is 0. The molecule has 0 aliphatic carbocycles. The second kappa shape index (κ2) is 9.20. The third-order valence-corrected chi connectivity index (χ3v) is 4.29. The van der Waals surface area contributed by atoms with Crippen LogP contribution in [0.4, 0.5) is 0 Å². The third-order valence-electron chi connectivity index (χ3n) is 4.04. The number of carbonyl (C=O) groups is 2. The molecule has 1 atom stereocenters. The maximum Gasteiger partial charge on any atom is 0.331 e. The molecule has 0 heterocycles. The zero-order valence-corrected chi connectivity index (χ0v) is 15.8. The summed E-state index contributed by atoms with van der Waals surface area (Å²) in [4.78, 5) is 23.7. The molecular formula is C21H22ClNO3. The lowest BCUT2D eigenvalue weighted by molar-refractivity contribution is -0.144. The highest BCUT2D eigenvalue weighted by atomic mass is 35.5. The van der Waals surface area contributed by atoms with Gasteiger partial charge in [-0.1, -0.05) is 41.9 Å². The Morgan fingerprint density at radius 2 is 1.81 bits per heavy atom. The Bertz CT molecular complexity index is 813. The largest absolute Gasteiger partial charge is 0.452 e. The van der Waals surface area contributed by atoms with Crippen LogP contribution in [0.25, 0.3) is 6.08 Å². The van der Waals surface area contributed by atoms with Crippen molar-refractivity contribution < 1.29 is 14.3 Å². The number of hydrogen-bond donors (Lipinski definition) is 1. The number of halogens is 1. The second-order valence-electron chi connectivity index (χ2n) is 6.13. The fourth-order valence-electron chi connectivity index (χ4n) is 2.32. The first-order valence-corrected chi connectivity index (χ1v) is 8.70. The molecule has 0 aromatic heterocycles. The molecule has 136 valence electrons. The number of esters is 1. The van der Waals surface area contributed by atoms with Crippen LogP contribution in [-0.4, -0.2) is 18.5 Å². The van der Waals surface area contributed by atoms with Gasteiger partial charge in [0.1, 0.15) is 0 Å². The van der Waals surface area contributed by atoms with Crippen molar-refractivity contribution in [2.75, 3.05) is 6.61 Å². The van der Waals surface area contributed by atoms with E-state index in [1.54, 1.807) is 30.3 Å². The minimum Gasteiger partial charge on any atom is -0.452 e. The molecule has 0 saturated carbocycles. The van der Waals surface area contributed by atoms with Gasteiger partial charge in [0, 0.05) is 11.1 Å². The van der Waals surface area contributed by atoms with Gasteiger partial charge < -0.3 is 10.1 Å². The van der Waals surface area contributed by atoms with Crippen LogP contribution in [0.3, 0.4) is 0 Å². The average Bonchev–Trinajstić information content (AvgIpc) is 2.61. The van der Waals surface area contributed by atoms with E-state index in [2.05, 4.69) is 5.32 Å². The Morgan fingerprint density at radius 3 is 2.46 bits per heavy atom. The van der Waals surface area contributed by atoms with Gasteiger partial charge in [0.15, 0.2) is 6.61 Å². The molecule has 4 nitrogen and oxygen atoms in total. The Hall–Kier alpha value is -2.59. The molecular weight excluding hydrogens is 350 g/mol. The van der Waals surface area contributed by atoms with Crippen LogP contribution in [0.1, 0.15) is 35.2 Å². The van der Waals surface area contributed by atoms with Crippen molar-refractivity contribution in [1.82, 2.24) is 5.32 Å². The maximum absolute atomic E-state index is 12.0. The zero-order valence-electron chi connectivity index (χ0n) is 15.1. The molecule has 1 amide bonds. The normalized spacial score (nSPS) is 12.0. The molecule has 26 heavy (non-hydrogen) atoms. The SMILES string of the molecule is Cc1ccc([C@H](C)NC(=O)COC(=O)/C=C/c2ccc(Cl)cc2)cc1C. The molecule has 0 fully saturated rings. The average molecular weight is 372 g/mol. The molecule has 0 spiro atoms. The van der Waals surface area contributed by atoms with Crippen molar-refractivity contribution in [2.45, 2.75) is 26.8 Å². The van der Waals surface area contributed by atoms with Gasteiger partial charge in [-0.2, -0.15) is 0 Å². The summed E-state index contributed by atoms with van der Waals surface area (Å²) in [5, 5.41) is 3.45. The van der Waals surface area contributed by atoms with E-state index in [-0.39, 0.29) is 18.6 Å². The summed E-state index contributed by atoms with van der Waals surface area (Å²) in [5.74, 6) is -0.919. The van der Waals surface area contributed by atoms with Gasteiger partial charge >= 0.3 is 5.97 Å². The first-order valence-electron chi connectivity index (χ1n) is 8.32. The summed E-state index contributed by atoms with van der Waals surface area (Å²) in [5.41, 5.74) is 4.20. The van der Waals surface area contributed by atoms with E-state index in [4.69, 9.17) is 16.3 Å². The van der Waals surface area contributed by atoms with Crippen molar-refractivity contribution in [1.29, 1.82) is 0 Å². The lowest BCUT2D eigenvalue weighted by Crippen LogP contribution is -2.31. The van der Waals surface area contributed by atoms with Crippen LogP contribution in [0.5, 0.6) is 0 Å². The molecule has 0 aliphatic heterocycles. The van der Waals surface area contributed by atoms with Crippen LogP contribution < -0.4 is 5.32 Å². The third kappa shape index (κ3) is 6.05. The van der Waals surface area contributed by atoms with Crippen LogP contribution in [-0.2, 0) is 14.3 Å². The smallest absolute Gasteiger partial charge is 0.331 e. The number of nitrogens with one attached hydrogen (secondary N) is 1. The molecule has 1 N–H and O–H groups in total. The van der Waals surface area contributed by atoms with E-state index in [1.165, 1.54) is 17.2 Å².